The molecule has 3 aromatic rings. The largest absolute Gasteiger partial charge is 0.211 e. The molecule has 0 amide bonds. The molecular formula is C12H8N4S. The highest BCUT2D eigenvalue weighted by atomic mass is 32.1. The summed E-state index contributed by atoms with van der Waals surface area (Å²) in [6, 6.07) is 9.86. The molecule has 0 saturated carbocycles. The maximum absolute atomic E-state index is 9.04. The zero-order valence-electron chi connectivity index (χ0n) is 9.08. The van der Waals surface area contributed by atoms with E-state index in [0.717, 1.165) is 10.6 Å². The van der Waals surface area contributed by atoms with Gasteiger partial charge in [-0.05, 0) is 30.5 Å². The predicted octanol–water partition coefficient (Wildman–Crippen LogP) is 2.64. The Bertz CT molecular complexity index is 719. The maximum atomic E-state index is 9.04. The first-order valence-corrected chi connectivity index (χ1v) is 5.98. The van der Waals surface area contributed by atoms with Crippen LogP contribution in [-0.2, 0) is 0 Å². The quantitative estimate of drug-likeness (QED) is 0.657. The zero-order chi connectivity index (χ0) is 11.8. The van der Waals surface area contributed by atoms with E-state index in [2.05, 4.69) is 16.2 Å². The van der Waals surface area contributed by atoms with Crippen LogP contribution >= 0.6 is 11.3 Å². The molecule has 3 aromatic heterocycles. The van der Waals surface area contributed by atoms with Gasteiger partial charge in [-0.1, -0.05) is 6.07 Å². The van der Waals surface area contributed by atoms with E-state index in [-0.39, 0.29) is 0 Å². The minimum Gasteiger partial charge on any atom is -0.211 e. The van der Waals surface area contributed by atoms with Crippen LogP contribution in [-0.4, -0.2) is 14.6 Å². The number of fused-ring (bicyclic) bond motifs is 1. The van der Waals surface area contributed by atoms with E-state index in [0.29, 0.717) is 17.0 Å². The molecule has 3 rings (SSSR count). The number of thiophene rings is 1. The molecule has 0 fully saturated rings. The second kappa shape index (κ2) is 3.68. The molecule has 0 atom stereocenters. The molecule has 0 spiro atoms. The molecule has 4 nitrogen and oxygen atoms in total. The summed E-state index contributed by atoms with van der Waals surface area (Å²) in [6.07, 6.45) is 0. The van der Waals surface area contributed by atoms with Gasteiger partial charge in [0.1, 0.15) is 11.9 Å². The van der Waals surface area contributed by atoms with Crippen LogP contribution in [0, 0.1) is 18.3 Å². The second-order valence-electron chi connectivity index (χ2n) is 3.62. The van der Waals surface area contributed by atoms with Crippen molar-refractivity contribution in [2.24, 2.45) is 0 Å². The molecule has 0 aliphatic heterocycles. The van der Waals surface area contributed by atoms with Gasteiger partial charge in [-0.25, -0.2) is 9.50 Å². The monoisotopic (exact) mass is 240 g/mol. The molecule has 0 unspecified atom stereocenters. The second-order valence-corrected chi connectivity index (χ2v) is 4.56. The minimum absolute atomic E-state index is 0.547. The van der Waals surface area contributed by atoms with Crippen LogP contribution in [0.4, 0.5) is 0 Å². The van der Waals surface area contributed by atoms with Crippen molar-refractivity contribution in [3.63, 3.8) is 0 Å². The van der Waals surface area contributed by atoms with E-state index >= 15 is 0 Å². The van der Waals surface area contributed by atoms with Crippen molar-refractivity contribution in [1.82, 2.24) is 14.6 Å². The summed E-state index contributed by atoms with van der Waals surface area (Å²) < 4.78 is 1.74. The number of rotatable bonds is 1. The first-order valence-electron chi connectivity index (χ1n) is 5.10. The molecule has 17 heavy (non-hydrogen) atoms. The first-order chi connectivity index (χ1) is 8.29. The third-order valence-corrected chi connectivity index (χ3v) is 3.38. The fourth-order valence-electron chi connectivity index (χ4n) is 1.76. The lowest BCUT2D eigenvalue weighted by atomic mass is 10.2. The fourth-order valence-corrected chi connectivity index (χ4v) is 2.50. The Balaban J connectivity index is 2.39. The van der Waals surface area contributed by atoms with Crippen molar-refractivity contribution < 1.29 is 0 Å². The summed E-state index contributed by atoms with van der Waals surface area (Å²) in [7, 11) is 0. The van der Waals surface area contributed by atoms with E-state index in [9.17, 15) is 0 Å². The van der Waals surface area contributed by atoms with Gasteiger partial charge in [0.2, 0.25) is 0 Å². The Hall–Kier alpha value is -2.19. The van der Waals surface area contributed by atoms with Gasteiger partial charge in [-0.2, -0.15) is 10.4 Å². The standard InChI is InChI=1S/C12H8N4S/c1-8-14-12-9(7-13)4-5-10(16(12)15-8)11-3-2-6-17-11/h2-6H,1H3. The van der Waals surface area contributed by atoms with Crippen LogP contribution in [0.15, 0.2) is 29.6 Å². The molecule has 82 valence electrons. The Morgan fingerprint density at radius 2 is 2.24 bits per heavy atom. The van der Waals surface area contributed by atoms with Gasteiger partial charge in [0, 0.05) is 0 Å². The number of nitriles is 1. The van der Waals surface area contributed by atoms with Gasteiger partial charge >= 0.3 is 0 Å². The predicted molar refractivity (Wildman–Crippen MR) is 65.8 cm³/mol. The third kappa shape index (κ3) is 1.50. The Kier molecular flexibility index (Phi) is 2.16. The topological polar surface area (TPSA) is 54.0 Å². The average Bonchev–Trinajstić information content (AvgIpc) is 2.95. The van der Waals surface area contributed by atoms with Crippen molar-refractivity contribution in [3.8, 4) is 16.6 Å². The molecule has 5 heteroatoms. The van der Waals surface area contributed by atoms with Crippen LogP contribution in [0.3, 0.4) is 0 Å². The van der Waals surface area contributed by atoms with Gasteiger partial charge in [0.05, 0.1) is 16.1 Å². The van der Waals surface area contributed by atoms with E-state index in [1.807, 2.05) is 30.5 Å². The summed E-state index contributed by atoms with van der Waals surface area (Å²) in [5.74, 6) is 0.672. The van der Waals surface area contributed by atoms with E-state index in [4.69, 9.17) is 5.26 Å². The van der Waals surface area contributed by atoms with Crippen LogP contribution < -0.4 is 0 Å². The molecule has 0 aromatic carbocycles. The molecule has 0 saturated heterocycles. The third-order valence-electron chi connectivity index (χ3n) is 2.48. The number of aryl methyl sites for hydroxylation is 1. The summed E-state index contributed by atoms with van der Waals surface area (Å²) >= 11 is 1.64. The van der Waals surface area contributed by atoms with Crippen molar-refractivity contribution in [3.05, 3.63) is 41.0 Å². The number of aromatic nitrogens is 3. The molecule has 0 radical (unpaired) electrons. The average molecular weight is 240 g/mol. The molecule has 0 bridgehead atoms. The lowest BCUT2D eigenvalue weighted by Crippen LogP contribution is -1.95. The highest BCUT2D eigenvalue weighted by molar-refractivity contribution is 7.13. The normalized spacial score (nSPS) is 10.6. The summed E-state index contributed by atoms with van der Waals surface area (Å²) in [5, 5.41) is 15.4. The van der Waals surface area contributed by atoms with Crippen LogP contribution in [0.1, 0.15) is 11.4 Å². The summed E-state index contributed by atoms with van der Waals surface area (Å²) in [4.78, 5) is 5.40. The first kappa shape index (κ1) is 10.00. The van der Waals surface area contributed by atoms with Crippen LogP contribution in [0.25, 0.3) is 16.2 Å². The lowest BCUT2D eigenvalue weighted by Gasteiger charge is -2.01. The van der Waals surface area contributed by atoms with Crippen molar-refractivity contribution in [2.75, 3.05) is 0 Å². The van der Waals surface area contributed by atoms with E-state index in [1.54, 1.807) is 21.9 Å². The van der Waals surface area contributed by atoms with Crippen LogP contribution in [0.2, 0.25) is 0 Å². The van der Waals surface area contributed by atoms with Gasteiger partial charge in [0.25, 0.3) is 0 Å². The number of hydrogen-bond donors (Lipinski definition) is 0. The van der Waals surface area contributed by atoms with E-state index < -0.39 is 0 Å². The maximum Gasteiger partial charge on any atom is 0.174 e. The number of hydrogen-bond acceptors (Lipinski definition) is 4. The van der Waals surface area contributed by atoms with Gasteiger partial charge in [-0.3, -0.25) is 0 Å². The summed E-state index contributed by atoms with van der Waals surface area (Å²) in [5.41, 5.74) is 2.14. The van der Waals surface area contributed by atoms with Crippen molar-refractivity contribution in [2.45, 2.75) is 6.92 Å². The van der Waals surface area contributed by atoms with Crippen molar-refractivity contribution >= 4 is 17.0 Å². The van der Waals surface area contributed by atoms with Gasteiger partial charge in [-0.15, -0.1) is 11.3 Å². The number of nitrogens with zero attached hydrogens (tertiary/aromatic N) is 4. The molecule has 0 N–H and O–H groups in total. The van der Waals surface area contributed by atoms with Crippen molar-refractivity contribution in [1.29, 1.82) is 5.26 Å². The highest BCUT2D eigenvalue weighted by Crippen LogP contribution is 2.25. The molecule has 0 aliphatic carbocycles. The Labute approximate surface area is 102 Å². The molecular weight excluding hydrogens is 232 g/mol. The zero-order valence-corrected chi connectivity index (χ0v) is 9.90. The Morgan fingerprint density at radius 3 is 2.94 bits per heavy atom. The minimum atomic E-state index is 0.547. The molecule has 0 aliphatic rings. The SMILES string of the molecule is Cc1nc2c(C#N)ccc(-c3cccs3)n2n1. The fraction of sp³-hybridized carbons (Fsp3) is 0.0833. The summed E-state index contributed by atoms with van der Waals surface area (Å²) in [6.45, 7) is 1.83. The highest BCUT2D eigenvalue weighted by Gasteiger charge is 2.11. The number of pyridine rings is 1. The smallest absolute Gasteiger partial charge is 0.174 e. The van der Waals surface area contributed by atoms with E-state index in [1.165, 1.54) is 0 Å². The molecule has 3 heterocycles. The van der Waals surface area contributed by atoms with Gasteiger partial charge < -0.3 is 0 Å². The van der Waals surface area contributed by atoms with Crippen LogP contribution in [0.5, 0.6) is 0 Å². The lowest BCUT2D eigenvalue weighted by molar-refractivity contribution is 0.939. The Morgan fingerprint density at radius 1 is 1.35 bits per heavy atom. The van der Waals surface area contributed by atoms with Gasteiger partial charge in [0.15, 0.2) is 5.65 Å².